The smallest absolute Gasteiger partial charge is 0.240 e. The van der Waals surface area contributed by atoms with Crippen molar-refractivity contribution < 1.29 is 14.3 Å². The third-order valence-electron chi connectivity index (χ3n) is 4.02. The first-order valence-electron chi connectivity index (χ1n) is 8.46. The molecule has 1 aliphatic rings. The van der Waals surface area contributed by atoms with Crippen LogP contribution in [0.5, 0.6) is 5.75 Å². The van der Waals surface area contributed by atoms with E-state index in [4.69, 9.17) is 4.74 Å². The number of hydrogen-bond donors (Lipinski definition) is 1. The average molecular weight is 338 g/mol. The van der Waals surface area contributed by atoms with E-state index in [2.05, 4.69) is 5.32 Å². The highest BCUT2D eigenvalue weighted by atomic mass is 16.5. The lowest BCUT2D eigenvalue weighted by Crippen LogP contribution is -2.40. The van der Waals surface area contributed by atoms with Crippen molar-refractivity contribution in [1.82, 2.24) is 5.32 Å². The Labute approximate surface area is 147 Å². The van der Waals surface area contributed by atoms with Gasteiger partial charge in [0.25, 0.3) is 0 Å². The fourth-order valence-electron chi connectivity index (χ4n) is 2.49. The van der Waals surface area contributed by atoms with Crippen LogP contribution in [0.3, 0.4) is 0 Å². The lowest BCUT2D eigenvalue weighted by Gasteiger charge is -2.21. The normalized spacial score (nSPS) is 13.2. The summed E-state index contributed by atoms with van der Waals surface area (Å²) in [6.07, 6.45) is 2.05. The summed E-state index contributed by atoms with van der Waals surface area (Å²) in [5, 5.41) is 2.90. The second-order valence-corrected chi connectivity index (χ2v) is 6.22. The predicted molar refractivity (Wildman–Crippen MR) is 96.4 cm³/mol. The summed E-state index contributed by atoms with van der Waals surface area (Å²) in [6.45, 7) is 1.99. The summed E-state index contributed by atoms with van der Waals surface area (Å²) in [5.74, 6) is 0.435. The summed E-state index contributed by atoms with van der Waals surface area (Å²) in [6, 6.07) is 17.4. The second kappa shape index (κ2) is 7.83. The molecule has 0 atom stereocenters. The Kier molecular flexibility index (Phi) is 5.33. The zero-order chi connectivity index (χ0) is 17.6. The minimum atomic E-state index is -0.163. The minimum absolute atomic E-state index is 0.0378. The molecular formula is C20H22N2O3. The van der Waals surface area contributed by atoms with E-state index in [1.807, 2.05) is 42.5 Å². The number of nitrogens with one attached hydrogen (secondary N) is 1. The van der Waals surface area contributed by atoms with Crippen LogP contribution in [0, 0.1) is 0 Å². The highest BCUT2D eigenvalue weighted by molar-refractivity contribution is 5.97. The zero-order valence-electron chi connectivity index (χ0n) is 14.3. The molecule has 2 amide bonds. The maximum absolute atomic E-state index is 12.0. The van der Waals surface area contributed by atoms with Gasteiger partial charge in [0.1, 0.15) is 18.9 Å². The van der Waals surface area contributed by atoms with Crippen molar-refractivity contribution in [3.63, 3.8) is 0 Å². The van der Waals surface area contributed by atoms with Crippen LogP contribution in [0.25, 0.3) is 0 Å². The van der Waals surface area contributed by atoms with Crippen molar-refractivity contribution in [2.45, 2.75) is 32.4 Å². The summed E-state index contributed by atoms with van der Waals surface area (Å²) >= 11 is 0. The molecule has 5 nitrogen and oxygen atoms in total. The lowest BCUT2D eigenvalue weighted by atomic mass is 10.2. The number of carbonyl (C=O) groups is 2. The fraction of sp³-hybridized carbons (Fsp3) is 0.300. The van der Waals surface area contributed by atoms with Crippen LogP contribution in [0.15, 0.2) is 54.6 Å². The van der Waals surface area contributed by atoms with Gasteiger partial charge in [-0.1, -0.05) is 30.3 Å². The molecule has 5 heteroatoms. The molecular weight excluding hydrogens is 316 g/mol. The van der Waals surface area contributed by atoms with Crippen molar-refractivity contribution in [3.8, 4) is 5.75 Å². The van der Waals surface area contributed by atoms with E-state index in [1.165, 1.54) is 11.8 Å². The molecule has 0 aliphatic heterocycles. The summed E-state index contributed by atoms with van der Waals surface area (Å²) in [7, 11) is 0. The Morgan fingerprint density at radius 1 is 1.08 bits per heavy atom. The molecule has 0 spiro atoms. The number of hydrogen-bond acceptors (Lipinski definition) is 3. The Hall–Kier alpha value is -2.82. The minimum Gasteiger partial charge on any atom is -0.489 e. The standard InChI is InChI=1S/C20H22N2O3/c1-15(23)22(13-20(24)21-17-7-8-17)18-9-11-19(12-10-18)25-14-16-5-3-2-4-6-16/h2-6,9-12,17H,7-8,13-14H2,1H3,(H,21,24). The van der Waals surface area contributed by atoms with Crippen LogP contribution in [0.1, 0.15) is 25.3 Å². The number of carbonyl (C=O) groups excluding carboxylic acids is 2. The first-order valence-corrected chi connectivity index (χ1v) is 8.46. The van der Waals surface area contributed by atoms with E-state index < -0.39 is 0 Å². The van der Waals surface area contributed by atoms with Gasteiger partial charge in [-0.15, -0.1) is 0 Å². The summed E-state index contributed by atoms with van der Waals surface area (Å²) in [4.78, 5) is 25.3. The third-order valence-corrected chi connectivity index (χ3v) is 4.02. The molecule has 1 N–H and O–H groups in total. The van der Waals surface area contributed by atoms with E-state index in [-0.39, 0.29) is 24.4 Å². The second-order valence-electron chi connectivity index (χ2n) is 6.22. The van der Waals surface area contributed by atoms with E-state index in [9.17, 15) is 9.59 Å². The maximum Gasteiger partial charge on any atom is 0.240 e. The first-order chi connectivity index (χ1) is 12.1. The lowest BCUT2D eigenvalue weighted by molar-refractivity contribution is -0.123. The molecule has 2 aromatic rings. The van der Waals surface area contributed by atoms with Gasteiger partial charge in [-0.05, 0) is 42.7 Å². The van der Waals surface area contributed by atoms with Crippen LogP contribution in [-0.4, -0.2) is 24.4 Å². The summed E-state index contributed by atoms with van der Waals surface area (Å²) < 4.78 is 5.75. The molecule has 1 aliphatic carbocycles. The maximum atomic E-state index is 12.0. The molecule has 3 rings (SSSR count). The molecule has 0 heterocycles. The molecule has 25 heavy (non-hydrogen) atoms. The topological polar surface area (TPSA) is 58.6 Å². The highest BCUT2D eigenvalue weighted by Crippen LogP contribution is 2.21. The number of nitrogens with zero attached hydrogens (tertiary/aromatic N) is 1. The molecule has 130 valence electrons. The van der Waals surface area contributed by atoms with Crippen LogP contribution in [0.4, 0.5) is 5.69 Å². The first kappa shape index (κ1) is 17.0. The predicted octanol–water partition coefficient (Wildman–Crippen LogP) is 2.90. The van der Waals surface area contributed by atoms with E-state index >= 15 is 0 Å². The van der Waals surface area contributed by atoms with Gasteiger partial charge in [-0.25, -0.2) is 0 Å². The molecule has 2 aromatic carbocycles. The Morgan fingerprint density at radius 2 is 1.76 bits per heavy atom. The van der Waals surface area contributed by atoms with Gasteiger partial charge >= 0.3 is 0 Å². The van der Waals surface area contributed by atoms with E-state index in [0.717, 1.165) is 24.2 Å². The van der Waals surface area contributed by atoms with Crippen LogP contribution < -0.4 is 15.0 Å². The largest absolute Gasteiger partial charge is 0.489 e. The van der Waals surface area contributed by atoms with Crippen molar-refractivity contribution in [2.75, 3.05) is 11.4 Å². The molecule has 0 aromatic heterocycles. The Balaban J connectivity index is 1.60. The summed E-state index contributed by atoms with van der Waals surface area (Å²) in [5.41, 5.74) is 1.78. The number of amides is 2. The SMILES string of the molecule is CC(=O)N(CC(=O)NC1CC1)c1ccc(OCc2ccccc2)cc1. The number of benzene rings is 2. The Morgan fingerprint density at radius 3 is 2.36 bits per heavy atom. The highest BCUT2D eigenvalue weighted by Gasteiger charge is 2.25. The molecule has 0 saturated heterocycles. The average Bonchev–Trinajstić information content (AvgIpc) is 3.43. The van der Waals surface area contributed by atoms with Gasteiger partial charge in [0.15, 0.2) is 0 Å². The van der Waals surface area contributed by atoms with Crippen molar-refractivity contribution >= 4 is 17.5 Å². The van der Waals surface area contributed by atoms with E-state index in [0.29, 0.717) is 12.3 Å². The van der Waals surface area contributed by atoms with Crippen LogP contribution >= 0.6 is 0 Å². The van der Waals surface area contributed by atoms with Crippen molar-refractivity contribution in [3.05, 3.63) is 60.2 Å². The zero-order valence-corrected chi connectivity index (χ0v) is 14.3. The van der Waals surface area contributed by atoms with Gasteiger partial charge in [-0.3, -0.25) is 9.59 Å². The molecule has 1 fully saturated rings. The molecule has 0 radical (unpaired) electrons. The van der Waals surface area contributed by atoms with Crippen LogP contribution in [-0.2, 0) is 16.2 Å². The quantitative estimate of drug-likeness (QED) is 0.844. The van der Waals surface area contributed by atoms with Crippen molar-refractivity contribution in [1.29, 1.82) is 0 Å². The van der Waals surface area contributed by atoms with Gasteiger partial charge < -0.3 is 15.0 Å². The monoisotopic (exact) mass is 338 g/mol. The van der Waals surface area contributed by atoms with Crippen LogP contribution in [0.2, 0.25) is 0 Å². The van der Waals surface area contributed by atoms with Gasteiger partial charge in [0.05, 0.1) is 0 Å². The van der Waals surface area contributed by atoms with E-state index in [1.54, 1.807) is 12.1 Å². The Bertz CT molecular complexity index is 724. The molecule has 0 bridgehead atoms. The molecule has 1 saturated carbocycles. The molecule has 0 unspecified atom stereocenters. The number of rotatable bonds is 7. The number of ether oxygens (including phenoxy) is 1. The third kappa shape index (κ3) is 5.08. The number of anilines is 1. The van der Waals surface area contributed by atoms with Crippen molar-refractivity contribution in [2.24, 2.45) is 0 Å². The fourth-order valence-corrected chi connectivity index (χ4v) is 2.49. The van der Waals surface area contributed by atoms with Gasteiger partial charge in [0, 0.05) is 18.7 Å². The van der Waals surface area contributed by atoms with Gasteiger partial charge in [-0.2, -0.15) is 0 Å². The van der Waals surface area contributed by atoms with Gasteiger partial charge in [0.2, 0.25) is 11.8 Å².